The van der Waals surface area contributed by atoms with Crippen molar-refractivity contribution in [3.8, 4) is 0 Å². The fraction of sp³-hybridized carbons (Fsp3) is 0.182. The zero-order valence-electron chi connectivity index (χ0n) is 17.8. The van der Waals surface area contributed by atoms with Crippen LogP contribution in [0.3, 0.4) is 0 Å². The van der Waals surface area contributed by atoms with E-state index in [1.54, 1.807) is 0 Å². The lowest BCUT2D eigenvalue weighted by Gasteiger charge is -2.22. The van der Waals surface area contributed by atoms with Gasteiger partial charge in [0.2, 0.25) is 6.71 Å². The Hall–Kier alpha value is -3.26. The molecule has 0 unspecified atom stereocenters. The molecule has 37 heavy (non-hydrogen) atoms. The van der Waals surface area contributed by atoms with Gasteiger partial charge in [-0.05, 0) is 19.1 Å². The van der Waals surface area contributed by atoms with E-state index in [9.17, 15) is 61.5 Å². The largest absolute Gasteiger partial charge is 0.416 e. The third kappa shape index (κ3) is 5.54. The first-order valence-corrected chi connectivity index (χ1v) is 9.73. The molecule has 0 amide bonds. The van der Waals surface area contributed by atoms with E-state index >= 15 is 0 Å². The molecule has 0 nitrogen and oxygen atoms in total. The molecule has 0 aliphatic rings. The lowest BCUT2D eigenvalue weighted by molar-refractivity contribution is -0.143. The molecule has 0 aromatic heterocycles. The highest BCUT2D eigenvalue weighted by atomic mass is 19.4. The molecule has 0 heterocycles. The van der Waals surface area contributed by atoms with Crippen LogP contribution in [0.2, 0.25) is 0 Å². The summed E-state index contributed by atoms with van der Waals surface area (Å²) in [6.07, 6.45) is -16.2. The van der Waals surface area contributed by atoms with E-state index in [2.05, 4.69) is 0 Å². The van der Waals surface area contributed by atoms with E-state index < -0.39 is 87.4 Å². The summed E-state index contributed by atoms with van der Waals surface area (Å²) in [6.45, 7) is -1.71. The Balaban J connectivity index is 2.54. The zero-order chi connectivity index (χ0) is 28.2. The summed E-state index contributed by atoms with van der Waals surface area (Å²) in [5.41, 5.74) is -10.2. The number of rotatable bonds is 3. The van der Waals surface area contributed by atoms with Crippen LogP contribution in [0.25, 0.3) is 0 Å². The Labute approximate surface area is 198 Å². The van der Waals surface area contributed by atoms with Crippen molar-refractivity contribution in [1.29, 1.82) is 0 Å². The highest BCUT2D eigenvalue weighted by molar-refractivity contribution is 6.95. The lowest BCUT2D eigenvalue weighted by Crippen LogP contribution is -2.56. The molecule has 3 aromatic carbocycles. The predicted molar refractivity (Wildman–Crippen MR) is 104 cm³/mol. The monoisotopic (exact) mass is 550 g/mol. The van der Waals surface area contributed by atoms with Gasteiger partial charge in [-0.3, -0.25) is 0 Å². The Kier molecular flexibility index (Phi) is 7.08. The molecule has 0 fully saturated rings. The van der Waals surface area contributed by atoms with Gasteiger partial charge in [-0.2, -0.15) is 39.5 Å². The third-order valence-electron chi connectivity index (χ3n) is 5.24. The van der Waals surface area contributed by atoms with Gasteiger partial charge in [0, 0.05) is 5.46 Å². The van der Waals surface area contributed by atoms with Crippen LogP contribution in [0, 0.1) is 36.0 Å². The highest BCUT2D eigenvalue weighted by Crippen LogP contribution is 2.35. The second-order valence-corrected chi connectivity index (χ2v) is 7.89. The number of hydrogen-bond acceptors (Lipinski definition) is 0. The van der Waals surface area contributed by atoms with Gasteiger partial charge >= 0.3 is 18.5 Å². The molecule has 0 bridgehead atoms. The van der Waals surface area contributed by atoms with E-state index in [0.29, 0.717) is 12.1 Å². The van der Waals surface area contributed by atoms with Gasteiger partial charge in [0.05, 0.1) is 16.7 Å². The van der Waals surface area contributed by atoms with E-state index in [1.807, 2.05) is 0 Å². The van der Waals surface area contributed by atoms with Crippen molar-refractivity contribution < 1.29 is 61.5 Å². The summed E-state index contributed by atoms with van der Waals surface area (Å²) in [4.78, 5) is 0. The van der Waals surface area contributed by atoms with Crippen molar-refractivity contribution in [3.63, 3.8) is 0 Å². The smallest absolute Gasteiger partial charge is 0.204 e. The van der Waals surface area contributed by atoms with Gasteiger partial charge in [0.25, 0.3) is 0 Å². The fourth-order valence-corrected chi connectivity index (χ4v) is 3.69. The number of halogens is 14. The summed E-state index contributed by atoms with van der Waals surface area (Å²) >= 11 is 0. The zero-order valence-corrected chi connectivity index (χ0v) is 17.8. The molecule has 0 spiro atoms. The first-order valence-electron chi connectivity index (χ1n) is 9.73. The molecular weight excluding hydrogens is 541 g/mol. The van der Waals surface area contributed by atoms with Crippen LogP contribution in [0.1, 0.15) is 22.3 Å². The predicted octanol–water partition coefficient (Wildman–Crippen LogP) is 6.26. The van der Waals surface area contributed by atoms with Crippen molar-refractivity contribution in [2.24, 2.45) is 0 Å². The number of benzene rings is 3. The highest BCUT2D eigenvalue weighted by Gasteiger charge is 2.41. The van der Waals surface area contributed by atoms with Gasteiger partial charge in [-0.1, -0.05) is 40.8 Å². The first-order chi connectivity index (χ1) is 16.7. The van der Waals surface area contributed by atoms with Crippen LogP contribution >= 0.6 is 0 Å². The normalized spacial score (nSPS) is 12.7. The number of hydrogen-bond donors (Lipinski definition) is 0. The van der Waals surface area contributed by atoms with Crippen LogP contribution in [0.5, 0.6) is 0 Å². The number of alkyl halides is 9. The molecule has 0 aliphatic heterocycles. The van der Waals surface area contributed by atoms with Gasteiger partial charge in [0.1, 0.15) is 0 Å². The quantitative estimate of drug-likeness (QED) is 0.156. The maximum Gasteiger partial charge on any atom is 0.416 e. The summed E-state index contributed by atoms with van der Waals surface area (Å²) < 4.78 is 192. The van der Waals surface area contributed by atoms with E-state index in [-0.39, 0.29) is 29.8 Å². The molecular formula is C22H9BF14. The minimum Gasteiger partial charge on any atom is -0.204 e. The van der Waals surface area contributed by atoms with Crippen LogP contribution in [0.4, 0.5) is 61.5 Å². The average molecular weight is 550 g/mol. The molecule has 0 aliphatic carbocycles. The maximum atomic E-state index is 14.7. The van der Waals surface area contributed by atoms with E-state index in [1.165, 1.54) is 0 Å². The lowest BCUT2D eigenvalue weighted by atomic mass is 9.36. The average Bonchev–Trinajstić information content (AvgIpc) is 2.76. The molecule has 3 aromatic rings. The molecule has 0 saturated carbocycles. The fourth-order valence-electron chi connectivity index (χ4n) is 3.69. The van der Waals surface area contributed by atoms with Crippen LogP contribution in [-0.2, 0) is 18.5 Å². The van der Waals surface area contributed by atoms with E-state index in [4.69, 9.17) is 0 Å². The summed E-state index contributed by atoms with van der Waals surface area (Å²) in [5, 5.41) is 0. The molecule has 0 radical (unpaired) electrons. The third-order valence-corrected chi connectivity index (χ3v) is 5.24. The Bertz CT molecular complexity index is 1290. The summed E-state index contributed by atoms with van der Waals surface area (Å²) in [6, 6.07) is 0.790. The van der Waals surface area contributed by atoms with Crippen molar-refractivity contribution in [1.82, 2.24) is 0 Å². The van der Waals surface area contributed by atoms with Gasteiger partial charge in [-0.15, -0.1) is 0 Å². The van der Waals surface area contributed by atoms with Crippen molar-refractivity contribution in [3.05, 3.63) is 87.7 Å². The molecule has 3 rings (SSSR count). The topological polar surface area (TPSA) is 0 Å². The second-order valence-electron chi connectivity index (χ2n) is 7.89. The Morgan fingerprint density at radius 3 is 1.16 bits per heavy atom. The summed E-state index contributed by atoms with van der Waals surface area (Å²) in [7, 11) is 0. The molecule has 0 atom stereocenters. The minimum absolute atomic E-state index is 0.0758. The van der Waals surface area contributed by atoms with E-state index in [0.717, 1.165) is 6.92 Å². The molecule has 0 N–H and O–H groups in total. The van der Waals surface area contributed by atoms with Crippen molar-refractivity contribution in [2.75, 3.05) is 0 Å². The van der Waals surface area contributed by atoms with Crippen LogP contribution in [-0.4, -0.2) is 6.71 Å². The van der Waals surface area contributed by atoms with Crippen molar-refractivity contribution in [2.45, 2.75) is 25.5 Å². The first kappa shape index (κ1) is 28.3. The van der Waals surface area contributed by atoms with Crippen molar-refractivity contribution >= 4 is 23.1 Å². The second kappa shape index (κ2) is 9.24. The van der Waals surface area contributed by atoms with Gasteiger partial charge in [0.15, 0.2) is 29.1 Å². The van der Waals surface area contributed by atoms with Gasteiger partial charge in [-0.25, -0.2) is 22.0 Å². The van der Waals surface area contributed by atoms with Crippen LogP contribution in [0.15, 0.2) is 36.4 Å². The molecule has 198 valence electrons. The minimum atomic E-state index is -5.50. The Morgan fingerprint density at radius 2 is 0.784 bits per heavy atom. The maximum absolute atomic E-state index is 14.7. The van der Waals surface area contributed by atoms with Gasteiger partial charge < -0.3 is 0 Å². The van der Waals surface area contributed by atoms with Crippen LogP contribution < -0.4 is 16.4 Å². The molecule has 15 heteroatoms. The molecule has 0 saturated heterocycles. The Morgan fingerprint density at radius 1 is 0.459 bits per heavy atom. The summed E-state index contributed by atoms with van der Waals surface area (Å²) in [5.74, 6) is -13.2. The SMILES string of the molecule is Cc1cc(B(c2cc(C(F)(F)F)cc(C(F)(F)F)c2)c2c(F)c(F)c(F)c(F)c2F)cc(C(F)(F)F)c1. The number of aryl methyl sites for hydroxylation is 1. The standard InChI is InChI=1S/C22H9BF14/c1-8-2-9(20(29,30)31)5-12(3-8)23(14-15(24)17(26)19(28)18(27)16(14)25)13-6-10(21(32,33)34)4-11(7-13)22(35,36)37/h2-7H,1H3.